The van der Waals surface area contributed by atoms with Crippen LogP contribution in [0.5, 0.6) is 0 Å². The second-order valence-corrected chi connectivity index (χ2v) is 7.46. The molecule has 3 atom stereocenters. The van der Waals surface area contributed by atoms with Gasteiger partial charge in [0, 0.05) is 19.3 Å². The highest BCUT2D eigenvalue weighted by atomic mass is 15.2. The molecule has 1 aromatic heterocycles. The van der Waals surface area contributed by atoms with Crippen molar-refractivity contribution in [1.29, 1.82) is 5.26 Å². The van der Waals surface area contributed by atoms with E-state index in [9.17, 15) is 0 Å². The zero-order valence-electron chi connectivity index (χ0n) is 16.5. The van der Waals surface area contributed by atoms with Crippen molar-refractivity contribution in [3.05, 3.63) is 89.6 Å². The molecular weight excluding hydrogens is 358 g/mol. The molecule has 0 spiro atoms. The number of rotatable bonds is 6. The van der Waals surface area contributed by atoms with Gasteiger partial charge in [0.2, 0.25) is 0 Å². The van der Waals surface area contributed by atoms with E-state index in [1.165, 1.54) is 11.1 Å². The van der Waals surface area contributed by atoms with E-state index < -0.39 is 0 Å². The first-order valence-electron chi connectivity index (χ1n) is 9.98. The van der Waals surface area contributed by atoms with Crippen LogP contribution in [0.25, 0.3) is 0 Å². The molecule has 5 nitrogen and oxygen atoms in total. The average Bonchev–Trinajstić information content (AvgIpc) is 2.79. The Kier molecular flexibility index (Phi) is 5.73. The second kappa shape index (κ2) is 8.76. The highest BCUT2D eigenvalue weighted by Crippen LogP contribution is 2.29. The number of pyridine rings is 1. The molecule has 146 valence electrons. The third-order valence-electron chi connectivity index (χ3n) is 5.46. The molecule has 1 aliphatic heterocycles. The minimum absolute atomic E-state index is 0.139. The van der Waals surface area contributed by atoms with Crippen LogP contribution in [0.3, 0.4) is 0 Å². The molecule has 0 bridgehead atoms. The highest BCUT2D eigenvalue weighted by Gasteiger charge is 2.27. The van der Waals surface area contributed by atoms with E-state index in [1.807, 2.05) is 48.7 Å². The van der Waals surface area contributed by atoms with Crippen LogP contribution in [0, 0.1) is 11.3 Å². The van der Waals surface area contributed by atoms with E-state index in [4.69, 9.17) is 5.26 Å². The van der Waals surface area contributed by atoms with E-state index in [0.717, 1.165) is 24.6 Å². The second-order valence-electron chi connectivity index (χ2n) is 7.46. The van der Waals surface area contributed by atoms with Gasteiger partial charge in [-0.15, -0.1) is 0 Å². The standard InChI is InChI=1S/C24H25N5/c1-17(19-11-9-18(14-25)10-12-19)15-28-23(20-6-3-2-4-7-20)22-16-27-21-8-5-13-26-24(21)29-22/h2-13,17,22-23,27-28H,15-16H2,1H3,(H,26,29)/t17?,22-,23+/m1/s1. The number of fused-ring (bicyclic) bond motifs is 1. The van der Waals surface area contributed by atoms with Gasteiger partial charge in [-0.25, -0.2) is 4.98 Å². The number of nitrogens with zero attached hydrogens (tertiary/aromatic N) is 2. The van der Waals surface area contributed by atoms with E-state index in [1.54, 1.807) is 0 Å². The van der Waals surface area contributed by atoms with Crippen LogP contribution in [0.15, 0.2) is 72.9 Å². The van der Waals surface area contributed by atoms with Gasteiger partial charge in [-0.3, -0.25) is 0 Å². The Morgan fingerprint density at radius 1 is 1.07 bits per heavy atom. The third-order valence-corrected chi connectivity index (χ3v) is 5.46. The Morgan fingerprint density at radius 3 is 2.62 bits per heavy atom. The van der Waals surface area contributed by atoms with Crippen molar-refractivity contribution in [2.24, 2.45) is 0 Å². The van der Waals surface area contributed by atoms with E-state index in [2.05, 4.69) is 58.2 Å². The van der Waals surface area contributed by atoms with Crippen molar-refractivity contribution in [1.82, 2.24) is 10.3 Å². The van der Waals surface area contributed by atoms with Gasteiger partial charge in [0.15, 0.2) is 0 Å². The Balaban J connectivity index is 1.50. The Hall–Kier alpha value is -3.36. The summed E-state index contributed by atoms with van der Waals surface area (Å²) in [6.45, 7) is 3.86. The molecule has 1 aliphatic rings. The minimum atomic E-state index is 0.139. The maximum atomic E-state index is 9.00. The fraction of sp³-hybridized carbons (Fsp3) is 0.250. The summed E-state index contributed by atoms with van der Waals surface area (Å²) in [4.78, 5) is 4.48. The lowest BCUT2D eigenvalue weighted by Crippen LogP contribution is -2.45. The van der Waals surface area contributed by atoms with Crippen molar-refractivity contribution in [2.75, 3.05) is 23.7 Å². The number of nitriles is 1. The van der Waals surface area contributed by atoms with Crippen molar-refractivity contribution in [3.8, 4) is 6.07 Å². The van der Waals surface area contributed by atoms with Gasteiger partial charge in [-0.1, -0.05) is 49.4 Å². The van der Waals surface area contributed by atoms with Gasteiger partial charge in [0.25, 0.3) is 0 Å². The summed E-state index contributed by atoms with van der Waals surface area (Å²) < 4.78 is 0. The Morgan fingerprint density at radius 2 is 1.86 bits per heavy atom. The van der Waals surface area contributed by atoms with Gasteiger partial charge in [-0.05, 0) is 41.3 Å². The van der Waals surface area contributed by atoms with Gasteiger partial charge in [-0.2, -0.15) is 5.26 Å². The summed E-state index contributed by atoms with van der Waals surface area (Å²) in [7, 11) is 0. The van der Waals surface area contributed by atoms with Crippen LogP contribution in [0.2, 0.25) is 0 Å². The summed E-state index contributed by atoms with van der Waals surface area (Å²) in [6.07, 6.45) is 1.81. The fourth-order valence-corrected chi connectivity index (χ4v) is 3.77. The lowest BCUT2D eigenvalue weighted by atomic mass is 9.95. The molecule has 0 radical (unpaired) electrons. The normalized spacial score (nSPS) is 17.2. The van der Waals surface area contributed by atoms with Crippen LogP contribution in [0.4, 0.5) is 11.5 Å². The topological polar surface area (TPSA) is 72.8 Å². The minimum Gasteiger partial charge on any atom is -0.380 e. The molecule has 0 saturated carbocycles. The summed E-state index contributed by atoms with van der Waals surface area (Å²) in [5, 5.41) is 19.9. The monoisotopic (exact) mass is 383 g/mol. The third kappa shape index (κ3) is 4.39. The number of hydrogen-bond donors (Lipinski definition) is 3. The summed E-state index contributed by atoms with van der Waals surface area (Å²) >= 11 is 0. The summed E-state index contributed by atoms with van der Waals surface area (Å²) in [5.74, 6) is 1.22. The van der Waals surface area contributed by atoms with Crippen LogP contribution in [-0.2, 0) is 0 Å². The Bertz CT molecular complexity index is 978. The molecule has 3 aromatic rings. The molecule has 0 fully saturated rings. The van der Waals surface area contributed by atoms with Crippen molar-refractivity contribution in [3.63, 3.8) is 0 Å². The molecule has 4 rings (SSSR count). The van der Waals surface area contributed by atoms with Crippen LogP contribution in [0.1, 0.15) is 35.6 Å². The summed E-state index contributed by atoms with van der Waals surface area (Å²) in [5.41, 5.74) is 4.21. The highest BCUT2D eigenvalue weighted by molar-refractivity contribution is 5.67. The van der Waals surface area contributed by atoms with Gasteiger partial charge in [0.05, 0.1) is 29.4 Å². The van der Waals surface area contributed by atoms with Crippen LogP contribution >= 0.6 is 0 Å². The van der Waals surface area contributed by atoms with Crippen molar-refractivity contribution < 1.29 is 0 Å². The first-order chi connectivity index (χ1) is 14.2. The predicted octanol–water partition coefficient (Wildman–Crippen LogP) is 4.29. The number of benzene rings is 2. The molecule has 0 saturated heterocycles. The lowest BCUT2D eigenvalue weighted by molar-refractivity contribution is 0.453. The maximum Gasteiger partial charge on any atom is 0.149 e. The van der Waals surface area contributed by atoms with Crippen LogP contribution in [-0.4, -0.2) is 24.1 Å². The van der Waals surface area contributed by atoms with Crippen LogP contribution < -0.4 is 16.0 Å². The van der Waals surface area contributed by atoms with Crippen molar-refractivity contribution in [2.45, 2.75) is 24.9 Å². The SMILES string of the molecule is CC(CN[C@@H](c1ccccc1)[C@H]1CNc2cccnc2N1)c1ccc(C#N)cc1. The number of aromatic nitrogens is 1. The van der Waals surface area contributed by atoms with E-state index in [-0.39, 0.29) is 12.1 Å². The smallest absolute Gasteiger partial charge is 0.149 e. The molecule has 29 heavy (non-hydrogen) atoms. The molecule has 2 heterocycles. The first-order valence-corrected chi connectivity index (χ1v) is 9.98. The number of nitrogens with one attached hydrogen (secondary N) is 3. The zero-order valence-corrected chi connectivity index (χ0v) is 16.5. The average molecular weight is 383 g/mol. The molecule has 2 aromatic carbocycles. The molecule has 0 aliphatic carbocycles. The number of anilines is 2. The molecule has 1 unspecified atom stereocenters. The largest absolute Gasteiger partial charge is 0.380 e. The van der Waals surface area contributed by atoms with Gasteiger partial charge in [0.1, 0.15) is 5.82 Å². The molecular formula is C24H25N5. The summed E-state index contributed by atoms with van der Waals surface area (Å²) in [6, 6.07) is 24.9. The molecule has 5 heteroatoms. The van der Waals surface area contributed by atoms with Crippen molar-refractivity contribution >= 4 is 11.5 Å². The lowest BCUT2D eigenvalue weighted by Gasteiger charge is -2.35. The number of hydrogen-bond acceptors (Lipinski definition) is 5. The van der Waals surface area contributed by atoms with E-state index in [0.29, 0.717) is 11.5 Å². The van der Waals surface area contributed by atoms with Gasteiger partial charge >= 0.3 is 0 Å². The maximum absolute atomic E-state index is 9.00. The first kappa shape index (κ1) is 19.0. The fourth-order valence-electron chi connectivity index (χ4n) is 3.77. The quantitative estimate of drug-likeness (QED) is 0.592. The van der Waals surface area contributed by atoms with E-state index >= 15 is 0 Å². The predicted molar refractivity (Wildman–Crippen MR) is 117 cm³/mol. The van der Waals surface area contributed by atoms with Gasteiger partial charge < -0.3 is 16.0 Å². The Labute approximate surface area is 171 Å². The zero-order chi connectivity index (χ0) is 20.1. The molecule has 0 amide bonds. The molecule has 3 N–H and O–H groups in total.